The lowest BCUT2D eigenvalue weighted by molar-refractivity contribution is -0.338. The minimum absolute atomic E-state index is 0.0816. The van der Waals surface area contributed by atoms with Gasteiger partial charge in [0.15, 0.2) is 0 Å². The van der Waals surface area contributed by atoms with Gasteiger partial charge in [-0.05, 0) is 44.0 Å². The summed E-state index contributed by atoms with van der Waals surface area (Å²) in [6.45, 7) is 2.80. The molecule has 0 radical (unpaired) electrons. The van der Waals surface area contributed by atoms with Crippen molar-refractivity contribution < 1.29 is 39.5 Å². The lowest BCUT2D eigenvalue weighted by atomic mass is 9.71. The number of benzene rings is 1. The Kier molecular flexibility index (Phi) is 6.01. The lowest BCUT2D eigenvalue weighted by Crippen LogP contribution is -2.70. The van der Waals surface area contributed by atoms with Crippen molar-refractivity contribution in [3.8, 4) is 0 Å². The van der Waals surface area contributed by atoms with Crippen molar-refractivity contribution in [1.29, 1.82) is 0 Å². The first kappa shape index (κ1) is 24.6. The summed E-state index contributed by atoms with van der Waals surface area (Å²) in [5.74, 6) is -16.4. The van der Waals surface area contributed by atoms with Gasteiger partial charge in [-0.3, -0.25) is 0 Å². The van der Waals surface area contributed by atoms with Crippen LogP contribution in [-0.4, -0.2) is 29.1 Å². The summed E-state index contributed by atoms with van der Waals surface area (Å²) in [5, 5.41) is 0. The van der Waals surface area contributed by atoms with Crippen molar-refractivity contribution in [3.63, 3.8) is 0 Å². The predicted octanol–water partition coefficient (Wildman–Crippen LogP) is 7.09. The fourth-order valence-electron chi connectivity index (χ4n) is 2.83. The van der Waals surface area contributed by atoms with Gasteiger partial charge in [-0.25, -0.2) is 30.7 Å². The standard InChI is InChI=1S/C19H23F9/c1-11-9-13(20)8-7-12(11)10-17(23,24)15(5,21)19(27,28)16(6,22)18(25,26)14(2,3)4/h7-9H,10H2,1-6H3. The SMILES string of the molecule is Cc1cc(F)ccc1CC(F)(F)C(C)(F)C(F)(F)C(C)(F)C(F)(F)C(C)(C)C. The summed E-state index contributed by atoms with van der Waals surface area (Å²) in [6, 6.07) is 2.43. The molecule has 0 spiro atoms. The molecule has 0 nitrogen and oxygen atoms in total. The molecular formula is C19H23F9. The number of halogens is 9. The molecule has 2 unspecified atom stereocenters. The Bertz CT molecular complexity index is 713. The molecule has 1 aromatic rings. The van der Waals surface area contributed by atoms with E-state index in [1.165, 1.54) is 6.92 Å². The van der Waals surface area contributed by atoms with E-state index in [1.807, 2.05) is 0 Å². The molecule has 0 heterocycles. The van der Waals surface area contributed by atoms with Crippen LogP contribution in [0.5, 0.6) is 0 Å². The largest absolute Gasteiger partial charge is 0.326 e. The van der Waals surface area contributed by atoms with Gasteiger partial charge in [0, 0.05) is 11.8 Å². The summed E-state index contributed by atoms with van der Waals surface area (Å²) in [4.78, 5) is 0. The summed E-state index contributed by atoms with van der Waals surface area (Å²) >= 11 is 0. The minimum Gasteiger partial charge on any atom is -0.231 e. The third-order valence-corrected chi connectivity index (χ3v) is 5.11. The molecule has 2 atom stereocenters. The molecular weight excluding hydrogens is 399 g/mol. The van der Waals surface area contributed by atoms with Gasteiger partial charge in [0.2, 0.25) is 11.3 Å². The molecule has 9 heteroatoms. The zero-order valence-electron chi connectivity index (χ0n) is 16.3. The Morgan fingerprint density at radius 3 is 1.57 bits per heavy atom. The number of alkyl halides is 8. The highest BCUT2D eigenvalue weighted by molar-refractivity contribution is 5.29. The Hall–Kier alpha value is -1.41. The number of rotatable bonds is 6. The first-order valence-corrected chi connectivity index (χ1v) is 8.40. The van der Waals surface area contributed by atoms with E-state index >= 15 is 0 Å². The van der Waals surface area contributed by atoms with Gasteiger partial charge in [0.25, 0.3) is 11.8 Å². The number of hydrogen-bond donors (Lipinski definition) is 0. The van der Waals surface area contributed by atoms with Crippen LogP contribution in [0.1, 0.15) is 45.7 Å². The van der Waals surface area contributed by atoms with Crippen LogP contribution in [0, 0.1) is 18.2 Å². The van der Waals surface area contributed by atoms with E-state index in [-0.39, 0.29) is 25.0 Å². The van der Waals surface area contributed by atoms with Gasteiger partial charge in [-0.2, -0.15) is 8.78 Å². The highest BCUT2D eigenvalue weighted by Crippen LogP contribution is 2.59. The first-order valence-electron chi connectivity index (χ1n) is 8.40. The van der Waals surface area contributed by atoms with Crippen molar-refractivity contribution in [2.45, 2.75) is 77.1 Å². The van der Waals surface area contributed by atoms with Crippen LogP contribution >= 0.6 is 0 Å². The second-order valence-corrected chi connectivity index (χ2v) is 8.36. The summed E-state index contributed by atoms with van der Waals surface area (Å²) < 4.78 is 130. The molecule has 0 saturated heterocycles. The molecule has 0 saturated carbocycles. The molecule has 0 N–H and O–H groups in total. The van der Waals surface area contributed by atoms with Gasteiger partial charge >= 0.3 is 5.92 Å². The maximum atomic E-state index is 14.8. The van der Waals surface area contributed by atoms with Crippen LogP contribution in [0.2, 0.25) is 0 Å². The van der Waals surface area contributed by atoms with Gasteiger partial charge in [-0.15, -0.1) is 0 Å². The van der Waals surface area contributed by atoms with E-state index in [0.717, 1.165) is 39.0 Å². The van der Waals surface area contributed by atoms with Crippen molar-refractivity contribution in [1.82, 2.24) is 0 Å². The van der Waals surface area contributed by atoms with Crippen LogP contribution in [0.3, 0.4) is 0 Å². The fourth-order valence-corrected chi connectivity index (χ4v) is 2.83. The maximum absolute atomic E-state index is 14.8. The minimum atomic E-state index is -5.77. The third-order valence-electron chi connectivity index (χ3n) is 5.11. The molecule has 0 aliphatic rings. The van der Waals surface area contributed by atoms with Crippen molar-refractivity contribution in [2.24, 2.45) is 5.41 Å². The van der Waals surface area contributed by atoms with Gasteiger partial charge in [0.05, 0.1) is 0 Å². The molecule has 162 valence electrons. The van der Waals surface area contributed by atoms with E-state index in [9.17, 15) is 39.5 Å². The van der Waals surface area contributed by atoms with Gasteiger partial charge in [0.1, 0.15) is 5.82 Å². The van der Waals surface area contributed by atoms with E-state index in [2.05, 4.69) is 0 Å². The molecule has 0 aromatic heterocycles. The zero-order valence-corrected chi connectivity index (χ0v) is 16.3. The fraction of sp³-hybridized carbons (Fsp3) is 0.684. The third kappa shape index (κ3) is 3.61. The molecule has 1 aromatic carbocycles. The molecule has 28 heavy (non-hydrogen) atoms. The highest BCUT2D eigenvalue weighted by atomic mass is 19.3. The van der Waals surface area contributed by atoms with Gasteiger partial charge in [-0.1, -0.05) is 26.8 Å². The first-order chi connectivity index (χ1) is 12.1. The Balaban J connectivity index is 3.44. The predicted molar refractivity (Wildman–Crippen MR) is 88.2 cm³/mol. The number of aryl methyl sites for hydroxylation is 1. The molecule has 0 fully saturated rings. The topological polar surface area (TPSA) is 0 Å². The molecule has 1 rings (SSSR count). The normalized spacial score (nSPS) is 18.5. The monoisotopic (exact) mass is 422 g/mol. The van der Waals surface area contributed by atoms with Crippen molar-refractivity contribution >= 4 is 0 Å². The van der Waals surface area contributed by atoms with Crippen LogP contribution in [-0.2, 0) is 6.42 Å². The Morgan fingerprint density at radius 1 is 0.714 bits per heavy atom. The van der Waals surface area contributed by atoms with Crippen molar-refractivity contribution in [3.05, 3.63) is 35.1 Å². The van der Waals surface area contributed by atoms with Crippen molar-refractivity contribution in [2.75, 3.05) is 0 Å². The van der Waals surface area contributed by atoms with Crippen LogP contribution in [0.4, 0.5) is 39.5 Å². The van der Waals surface area contributed by atoms with Gasteiger partial charge < -0.3 is 0 Å². The molecule has 0 bridgehead atoms. The second-order valence-electron chi connectivity index (χ2n) is 8.36. The lowest BCUT2D eigenvalue weighted by Gasteiger charge is -2.48. The Labute approximate surface area is 158 Å². The summed E-state index contributed by atoms with van der Waals surface area (Å²) in [7, 11) is 0. The zero-order chi connectivity index (χ0) is 22.6. The molecule has 0 aliphatic heterocycles. The van der Waals surface area contributed by atoms with Crippen LogP contribution in [0.25, 0.3) is 0 Å². The average Bonchev–Trinajstić information content (AvgIpc) is 2.48. The summed E-state index contributed by atoms with van der Waals surface area (Å²) in [5.41, 5.74) is -12.8. The van der Waals surface area contributed by atoms with E-state index < -0.39 is 46.8 Å². The molecule has 0 aliphatic carbocycles. The van der Waals surface area contributed by atoms with Crippen LogP contribution in [0.15, 0.2) is 18.2 Å². The highest BCUT2D eigenvalue weighted by Gasteiger charge is 2.80. The van der Waals surface area contributed by atoms with E-state index in [4.69, 9.17) is 0 Å². The second kappa shape index (κ2) is 6.83. The Morgan fingerprint density at radius 2 is 1.18 bits per heavy atom. The van der Waals surface area contributed by atoms with Crippen LogP contribution < -0.4 is 0 Å². The number of hydrogen-bond acceptors (Lipinski definition) is 0. The average molecular weight is 422 g/mol. The molecule has 0 amide bonds. The smallest absolute Gasteiger partial charge is 0.231 e. The maximum Gasteiger partial charge on any atom is 0.326 e. The summed E-state index contributed by atoms with van der Waals surface area (Å²) in [6.07, 6.45) is -1.65. The van der Waals surface area contributed by atoms with E-state index in [1.54, 1.807) is 0 Å². The van der Waals surface area contributed by atoms with E-state index in [0.29, 0.717) is 0 Å². The quantitative estimate of drug-likeness (QED) is 0.430.